The van der Waals surface area contributed by atoms with E-state index < -0.39 is 11.7 Å². The lowest BCUT2D eigenvalue weighted by Gasteiger charge is -2.12. The predicted octanol–water partition coefficient (Wildman–Crippen LogP) is 6.77. The number of benzene rings is 3. The van der Waals surface area contributed by atoms with Crippen molar-refractivity contribution in [2.75, 3.05) is 20.8 Å². The van der Waals surface area contributed by atoms with Gasteiger partial charge in [0.15, 0.2) is 11.5 Å². The van der Waals surface area contributed by atoms with Gasteiger partial charge in [0.2, 0.25) is 0 Å². The second-order valence-corrected chi connectivity index (χ2v) is 7.28. The van der Waals surface area contributed by atoms with Gasteiger partial charge in [-0.1, -0.05) is 12.1 Å². The third-order valence-electron chi connectivity index (χ3n) is 5.14. The second-order valence-electron chi connectivity index (χ2n) is 7.28. The van der Waals surface area contributed by atoms with Crippen molar-refractivity contribution in [3.8, 4) is 28.6 Å². The van der Waals surface area contributed by atoms with Gasteiger partial charge in [0, 0.05) is 17.0 Å². The number of rotatable bonds is 6. The van der Waals surface area contributed by atoms with Gasteiger partial charge in [0.25, 0.3) is 0 Å². The van der Waals surface area contributed by atoms with Crippen LogP contribution in [0, 0.1) is 0 Å². The first-order valence-corrected chi connectivity index (χ1v) is 10.5. The first kappa shape index (κ1) is 23.2. The number of para-hydroxylation sites is 1. The van der Waals surface area contributed by atoms with E-state index in [9.17, 15) is 13.2 Å². The molecule has 0 aliphatic carbocycles. The van der Waals surface area contributed by atoms with Crippen LogP contribution in [-0.4, -0.2) is 20.8 Å². The van der Waals surface area contributed by atoms with Gasteiger partial charge in [-0.15, -0.1) is 0 Å². The van der Waals surface area contributed by atoms with Gasteiger partial charge in [-0.25, -0.2) is 4.99 Å². The molecule has 0 fully saturated rings. The molecule has 0 radical (unpaired) electrons. The summed E-state index contributed by atoms with van der Waals surface area (Å²) < 4.78 is 63.1. The van der Waals surface area contributed by atoms with Gasteiger partial charge >= 0.3 is 6.18 Å². The van der Waals surface area contributed by atoms with Crippen LogP contribution in [0.5, 0.6) is 17.2 Å². The average molecular weight is 469 g/mol. The molecule has 0 saturated heterocycles. The fourth-order valence-electron chi connectivity index (χ4n) is 3.57. The van der Waals surface area contributed by atoms with E-state index >= 15 is 0 Å². The van der Waals surface area contributed by atoms with Crippen LogP contribution >= 0.6 is 0 Å². The van der Waals surface area contributed by atoms with Gasteiger partial charge < -0.3 is 18.6 Å². The number of ether oxygens (including phenoxy) is 3. The van der Waals surface area contributed by atoms with Crippen LogP contribution in [0.3, 0.4) is 0 Å². The number of hydrogen-bond donors (Lipinski definition) is 0. The molecule has 176 valence electrons. The summed E-state index contributed by atoms with van der Waals surface area (Å²) in [6.07, 6.45) is -4.54. The highest BCUT2D eigenvalue weighted by molar-refractivity contribution is 5.80. The Morgan fingerprint density at radius 1 is 0.882 bits per heavy atom. The highest BCUT2D eigenvalue weighted by Gasteiger charge is 2.33. The zero-order chi connectivity index (χ0) is 24.3. The number of hydrogen-bond acceptors (Lipinski definition) is 5. The van der Waals surface area contributed by atoms with Gasteiger partial charge in [0.05, 0.1) is 37.4 Å². The summed E-state index contributed by atoms with van der Waals surface area (Å²) >= 11 is 0. The molecule has 8 heteroatoms. The van der Waals surface area contributed by atoms with Crippen molar-refractivity contribution in [2.45, 2.75) is 13.1 Å². The predicted molar refractivity (Wildman–Crippen MR) is 123 cm³/mol. The largest absolute Gasteiger partial charge is 0.494 e. The molecule has 0 atom stereocenters. The molecule has 4 aromatic rings. The molecule has 1 heterocycles. The molecule has 0 aliphatic rings. The highest BCUT2D eigenvalue weighted by Crippen LogP contribution is 2.36. The van der Waals surface area contributed by atoms with E-state index in [0.29, 0.717) is 51.5 Å². The standard InChI is InChI=1S/C26H22F3NO4/c1-4-33-17-10-12-22-18(14-17)21(30-20-8-6-5-7-19(20)26(27,28)29)15-24(34-22)16-9-11-23(31-2)25(13-16)32-3/h5-15H,4H2,1-3H3. The summed E-state index contributed by atoms with van der Waals surface area (Å²) in [6.45, 7) is 2.29. The molecule has 0 unspecified atom stereocenters. The Bertz CT molecular complexity index is 1390. The Balaban J connectivity index is 2.00. The Kier molecular flexibility index (Phi) is 6.49. The van der Waals surface area contributed by atoms with Crippen molar-refractivity contribution < 1.29 is 31.8 Å². The van der Waals surface area contributed by atoms with Gasteiger partial charge in [-0.05, 0) is 55.5 Å². The molecule has 0 N–H and O–H groups in total. The smallest absolute Gasteiger partial charge is 0.418 e. The topological polar surface area (TPSA) is 53.2 Å². The second kappa shape index (κ2) is 9.51. The maximum atomic E-state index is 13.6. The van der Waals surface area contributed by atoms with Crippen molar-refractivity contribution in [1.29, 1.82) is 0 Å². The first-order valence-electron chi connectivity index (χ1n) is 10.5. The minimum atomic E-state index is -4.54. The average Bonchev–Trinajstić information content (AvgIpc) is 2.83. The molecular weight excluding hydrogens is 447 g/mol. The van der Waals surface area contributed by atoms with Gasteiger partial charge in [0.1, 0.15) is 17.1 Å². The minimum Gasteiger partial charge on any atom is -0.494 e. The molecule has 5 nitrogen and oxygen atoms in total. The quantitative estimate of drug-likeness (QED) is 0.313. The fourth-order valence-corrected chi connectivity index (χ4v) is 3.57. The number of methoxy groups -OCH3 is 2. The molecule has 0 amide bonds. The van der Waals surface area contributed by atoms with Crippen LogP contribution in [0.2, 0.25) is 0 Å². The normalized spacial score (nSPS) is 12.1. The fraction of sp³-hybridized carbons (Fsp3) is 0.192. The van der Waals surface area contributed by atoms with Crippen molar-refractivity contribution in [1.82, 2.24) is 0 Å². The van der Waals surface area contributed by atoms with Crippen LogP contribution in [0.4, 0.5) is 18.9 Å². The molecule has 0 spiro atoms. The van der Waals surface area contributed by atoms with Gasteiger partial charge in [-0.2, -0.15) is 13.2 Å². The van der Waals surface area contributed by atoms with Crippen LogP contribution in [0.1, 0.15) is 12.5 Å². The third kappa shape index (κ3) is 4.71. The molecule has 3 aromatic carbocycles. The molecule has 0 aliphatic heterocycles. The van der Waals surface area contributed by atoms with Crippen LogP contribution < -0.4 is 19.6 Å². The summed E-state index contributed by atoms with van der Waals surface area (Å²) in [5.41, 5.74) is 0.0770. The monoisotopic (exact) mass is 469 g/mol. The molecule has 4 rings (SSSR count). The molecular formula is C26H22F3NO4. The van der Waals surface area contributed by atoms with Crippen molar-refractivity contribution in [3.05, 3.63) is 77.7 Å². The van der Waals surface area contributed by atoms with Crippen molar-refractivity contribution >= 4 is 16.7 Å². The maximum Gasteiger partial charge on any atom is 0.418 e. The lowest BCUT2D eigenvalue weighted by molar-refractivity contribution is -0.137. The number of nitrogens with zero attached hydrogens (tertiary/aromatic N) is 1. The summed E-state index contributed by atoms with van der Waals surface area (Å²) in [5, 5.41) is 0.830. The molecule has 0 saturated carbocycles. The van der Waals surface area contributed by atoms with Crippen LogP contribution in [0.25, 0.3) is 22.3 Å². The summed E-state index contributed by atoms with van der Waals surface area (Å²) in [4.78, 5) is 4.41. The van der Waals surface area contributed by atoms with E-state index in [1.165, 1.54) is 32.4 Å². The highest BCUT2D eigenvalue weighted by atomic mass is 19.4. The Hall–Kier alpha value is -3.94. The van der Waals surface area contributed by atoms with E-state index in [-0.39, 0.29) is 5.69 Å². The zero-order valence-corrected chi connectivity index (χ0v) is 18.8. The van der Waals surface area contributed by atoms with E-state index in [0.717, 1.165) is 6.07 Å². The lowest BCUT2D eigenvalue weighted by Crippen LogP contribution is -2.08. The lowest BCUT2D eigenvalue weighted by atomic mass is 10.1. The number of halogens is 3. The van der Waals surface area contributed by atoms with E-state index in [2.05, 4.69) is 4.99 Å². The summed E-state index contributed by atoms with van der Waals surface area (Å²) in [5.74, 6) is 1.99. The van der Waals surface area contributed by atoms with E-state index in [1.807, 2.05) is 6.92 Å². The SMILES string of the molecule is CCOc1ccc2oc(-c3ccc(OC)c(OC)c3)cc(=Nc3ccccc3C(F)(F)F)c2c1. The molecule has 1 aromatic heterocycles. The van der Waals surface area contributed by atoms with Gasteiger partial charge in [-0.3, -0.25) is 0 Å². The first-order chi connectivity index (χ1) is 16.3. The van der Waals surface area contributed by atoms with Crippen LogP contribution in [0.15, 0.2) is 76.1 Å². The molecule has 34 heavy (non-hydrogen) atoms. The number of fused-ring (bicyclic) bond motifs is 1. The number of alkyl halides is 3. The Morgan fingerprint density at radius 3 is 2.35 bits per heavy atom. The third-order valence-corrected chi connectivity index (χ3v) is 5.14. The van der Waals surface area contributed by atoms with Crippen molar-refractivity contribution in [2.24, 2.45) is 4.99 Å². The van der Waals surface area contributed by atoms with E-state index in [1.54, 1.807) is 42.5 Å². The summed E-state index contributed by atoms with van der Waals surface area (Å²) in [6, 6.07) is 17.2. The van der Waals surface area contributed by atoms with Crippen molar-refractivity contribution in [3.63, 3.8) is 0 Å². The Morgan fingerprint density at radius 2 is 1.65 bits per heavy atom. The Labute approximate surface area is 194 Å². The summed E-state index contributed by atoms with van der Waals surface area (Å²) in [7, 11) is 3.05. The minimum absolute atomic E-state index is 0.192. The maximum absolute atomic E-state index is 13.6. The van der Waals surface area contributed by atoms with E-state index in [4.69, 9.17) is 18.6 Å². The van der Waals surface area contributed by atoms with Crippen LogP contribution in [-0.2, 0) is 6.18 Å². The molecule has 0 bridgehead atoms. The zero-order valence-electron chi connectivity index (χ0n) is 18.8.